The Morgan fingerprint density at radius 3 is 0.967 bits per heavy atom. The number of hydrogen-bond donors (Lipinski definition) is 4. The van der Waals surface area contributed by atoms with Crippen LogP contribution in [0.2, 0.25) is 0 Å². The van der Waals surface area contributed by atoms with Gasteiger partial charge in [0.1, 0.15) is 0 Å². The average molecular weight is 848 g/mol. The predicted molar refractivity (Wildman–Crippen MR) is 264 cm³/mol. The minimum atomic E-state index is -0.747. The standard InChI is InChI=1S/C55H109NO4/c1-3-5-7-9-11-13-15-17-19-21-23-24-25-26-27-28-29-31-32-34-36-38-40-42-44-46-48-52(58)50-55(60)56-53(51-57)54(59)49-47-45-43-41-39-37-35-33-30-22-20-18-16-14-12-10-8-6-4-2/h26-27,52-54,57-59H,3-25,28-51H2,1-2H3,(H,56,60)/b27-26-. The van der Waals surface area contributed by atoms with Crippen LogP contribution in [0.5, 0.6) is 0 Å². The monoisotopic (exact) mass is 848 g/mol. The van der Waals surface area contributed by atoms with Gasteiger partial charge in [-0.05, 0) is 38.5 Å². The highest BCUT2D eigenvalue weighted by atomic mass is 16.3. The summed E-state index contributed by atoms with van der Waals surface area (Å²) in [4.78, 5) is 12.5. The average Bonchev–Trinajstić information content (AvgIpc) is 3.24. The number of carbonyl (C=O) groups is 1. The van der Waals surface area contributed by atoms with Crippen molar-refractivity contribution < 1.29 is 20.1 Å². The zero-order valence-electron chi connectivity index (χ0n) is 40.9. The Labute approximate surface area is 376 Å². The number of carbonyl (C=O) groups excluding carboxylic acids is 1. The summed E-state index contributed by atoms with van der Waals surface area (Å²) in [6.07, 6.45) is 62.2. The van der Waals surface area contributed by atoms with E-state index in [4.69, 9.17) is 0 Å². The molecular formula is C55H109NO4. The second kappa shape index (κ2) is 50.7. The number of allylic oxidation sites excluding steroid dienone is 2. The van der Waals surface area contributed by atoms with Crippen molar-refractivity contribution in [1.82, 2.24) is 5.32 Å². The van der Waals surface area contributed by atoms with E-state index in [0.29, 0.717) is 12.8 Å². The Hall–Kier alpha value is -0.910. The molecular weight excluding hydrogens is 739 g/mol. The minimum absolute atomic E-state index is 0.0394. The molecule has 0 rings (SSSR count). The van der Waals surface area contributed by atoms with Crippen LogP contribution in [0.4, 0.5) is 0 Å². The van der Waals surface area contributed by atoms with Gasteiger partial charge in [0.05, 0.1) is 31.3 Å². The molecule has 60 heavy (non-hydrogen) atoms. The predicted octanol–water partition coefficient (Wildman–Crippen LogP) is 16.7. The van der Waals surface area contributed by atoms with Gasteiger partial charge in [-0.3, -0.25) is 4.79 Å². The van der Waals surface area contributed by atoms with Crippen LogP contribution in [0, 0.1) is 0 Å². The molecule has 5 nitrogen and oxygen atoms in total. The van der Waals surface area contributed by atoms with Gasteiger partial charge in [-0.25, -0.2) is 0 Å². The minimum Gasteiger partial charge on any atom is -0.394 e. The van der Waals surface area contributed by atoms with Crippen molar-refractivity contribution in [1.29, 1.82) is 0 Å². The summed E-state index contributed by atoms with van der Waals surface area (Å²) in [5, 5.41) is 33.6. The van der Waals surface area contributed by atoms with Gasteiger partial charge >= 0.3 is 0 Å². The van der Waals surface area contributed by atoms with Crippen molar-refractivity contribution in [3.8, 4) is 0 Å². The highest BCUT2D eigenvalue weighted by Crippen LogP contribution is 2.18. The fourth-order valence-corrected chi connectivity index (χ4v) is 8.87. The SMILES string of the molecule is CCCCCCCCCCCCCC/C=C\CCCCCCCCCCCCC(O)CC(=O)NC(CO)C(O)CCCCCCCCCCCCCCCCCCCCC. The fourth-order valence-electron chi connectivity index (χ4n) is 8.87. The van der Waals surface area contributed by atoms with Crippen molar-refractivity contribution in [3.05, 3.63) is 12.2 Å². The lowest BCUT2D eigenvalue weighted by molar-refractivity contribution is -0.125. The zero-order valence-corrected chi connectivity index (χ0v) is 40.9. The van der Waals surface area contributed by atoms with E-state index in [1.807, 2.05) is 0 Å². The molecule has 3 atom stereocenters. The lowest BCUT2D eigenvalue weighted by Gasteiger charge is -2.23. The Bertz CT molecular complexity index is 848. The molecule has 0 aromatic rings. The van der Waals surface area contributed by atoms with Crippen LogP contribution in [0.15, 0.2) is 12.2 Å². The molecule has 0 aliphatic carbocycles. The molecule has 0 aliphatic rings. The fraction of sp³-hybridized carbons (Fsp3) is 0.945. The molecule has 1 amide bonds. The molecule has 3 unspecified atom stereocenters. The van der Waals surface area contributed by atoms with Gasteiger partial charge in [0, 0.05) is 0 Å². The van der Waals surface area contributed by atoms with E-state index in [1.165, 1.54) is 250 Å². The zero-order chi connectivity index (χ0) is 43.7. The van der Waals surface area contributed by atoms with Crippen LogP contribution in [0.3, 0.4) is 0 Å². The molecule has 0 saturated heterocycles. The maximum Gasteiger partial charge on any atom is 0.222 e. The third-order valence-electron chi connectivity index (χ3n) is 13.1. The van der Waals surface area contributed by atoms with Crippen molar-refractivity contribution in [2.45, 2.75) is 327 Å². The molecule has 0 aliphatic heterocycles. The summed E-state index contributed by atoms with van der Waals surface area (Å²) in [6, 6.07) is -0.657. The Balaban J connectivity index is 3.52. The van der Waals surface area contributed by atoms with E-state index in [2.05, 4.69) is 31.3 Å². The number of hydrogen-bond acceptors (Lipinski definition) is 4. The molecule has 0 spiro atoms. The Morgan fingerprint density at radius 1 is 0.400 bits per heavy atom. The van der Waals surface area contributed by atoms with Crippen LogP contribution < -0.4 is 5.32 Å². The highest BCUT2D eigenvalue weighted by molar-refractivity contribution is 5.76. The molecule has 0 saturated carbocycles. The van der Waals surface area contributed by atoms with Crippen LogP contribution in [0.1, 0.15) is 309 Å². The van der Waals surface area contributed by atoms with Gasteiger partial charge < -0.3 is 20.6 Å². The summed E-state index contributed by atoms with van der Waals surface area (Å²) < 4.78 is 0. The van der Waals surface area contributed by atoms with Gasteiger partial charge in [0.15, 0.2) is 0 Å². The third kappa shape index (κ3) is 46.6. The first-order chi connectivity index (χ1) is 29.5. The van der Waals surface area contributed by atoms with Crippen molar-refractivity contribution in [2.24, 2.45) is 0 Å². The van der Waals surface area contributed by atoms with Gasteiger partial charge in [-0.2, -0.15) is 0 Å². The van der Waals surface area contributed by atoms with Crippen molar-refractivity contribution in [2.75, 3.05) is 6.61 Å². The molecule has 0 aromatic heterocycles. The molecule has 0 fully saturated rings. The molecule has 5 heteroatoms. The van der Waals surface area contributed by atoms with Crippen molar-refractivity contribution in [3.63, 3.8) is 0 Å². The third-order valence-corrected chi connectivity index (χ3v) is 13.1. The number of nitrogens with one attached hydrogen (secondary N) is 1. The first-order valence-electron chi connectivity index (χ1n) is 27.5. The van der Waals surface area contributed by atoms with E-state index in [9.17, 15) is 20.1 Å². The van der Waals surface area contributed by atoms with E-state index in [-0.39, 0.29) is 18.9 Å². The summed E-state index contributed by atoms with van der Waals surface area (Å²) >= 11 is 0. The molecule has 358 valence electrons. The van der Waals surface area contributed by atoms with Crippen LogP contribution in [-0.2, 0) is 4.79 Å². The number of rotatable bonds is 51. The first kappa shape index (κ1) is 59.1. The van der Waals surface area contributed by atoms with E-state index in [0.717, 1.165) is 25.7 Å². The Kier molecular flexibility index (Phi) is 50.0. The second-order valence-electron chi connectivity index (χ2n) is 19.2. The summed E-state index contributed by atoms with van der Waals surface area (Å²) in [7, 11) is 0. The summed E-state index contributed by atoms with van der Waals surface area (Å²) in [5.41, 5.74) is 0. The van der Waals surface area contributed by atoms with E-state index >= 15 is 0 Å². The van der Waals surface area contributed by atoms with Gasteiger partial charge in [0.25, 0.3) is 0 Å². The first-order valence-corrected chi connectivity index (χ1v) is 27.5. The van der Waals surface area contributed by atoms with Crippen LogP contribution >= 0.6 is 0 Å². The normalized spacial score (nSPS) is 13.3. The maximum atomic E-state index is 12.5. The smallest absolute Gasteiger partial charge is 0.222 e. The van der Waals surface area contributed by atoms with Crippen LogP contribution in [-0.4, -0.2) is 46.1 Å². The van der Waals surface area contributed by atoms with E-state index < -0.39 is 18.2 Å². The number of unbranched alkanes of at least 4 members (excludes halogenated alkanes) is 40. The van der Waals surface area contributed by atoms with Crippen LogP contribution in [0.25, 0.3) is 0 Å². The lowest BCUT2D eigenvalue weighted by Crippen LogP contribution is -2.46. The van der Waals surface area contributed by atoms with Gasteiger partial charge in [-0.15, -0.1) is 0 Å². The summed E-state index contributed by atoms with van der Waals surface area (Å²) in [6.45, 7) is 4.30. The molecule has 0 heterocycles. The topological polar surface area (TPSA) is 89.8 Å². The lowest BCUT2D eigenvalue weighted by atomic mass is 10.0. The number of aliphatic hydroxyl groups excluding tert-OH is 3. The molecule has 0 radical (unpaired) electrons. The highest BCUT2D eigenvalue weighted by Gasteiger charge is 2.21. The molecule has 0 aromatic carbocycles. The second-order valence-corrected chi connectivity index (χ2v) is 19.2. The number of amides is 1. The molecule has 0 bridgehead atoms. The maximum absolute atomic E-state index is 12.5. The Morgan fingerprint density at radius 2 is 0.667 bits per heavy atom. The number of aliphatic hydroxyl groups is 3. The quantitative estimate of drug-likeness (QED) is 0.0363. The molecule has 4 N–H and O–H groups in total. The van der Waals surface area contributed by atoms with Crippen molar-refractivity contribution >= 4 is 5.91 Å². The van der Waals surface area contributed by atoms with Gasteiger partial charge in [0.2, 0.25) is 5.91 Å². The summed E-state index contributed by atoms with van der Waals surface area (Å²) in [5.74, 6) is -0.278. The van der Waals surface area contributed by atoms with Gasteiger partial charge in [-0.1, -0.05) is 276 Å². The van der Waals surface area contributed by atoms with E-state index in [1.54, 1.807) is 0 Å². The largest absolute Gasteiger partial charge is 0.394 e.